The zero-order valence-corrected chi connectivity index (χ0v) is 8.89. The minimum Gasteiger partial charge on any atom is -0.469 e. The number of ether oxygens (including phenoxy) is 1. The number of allylic oxidation sites excluding steroid dienone is 2. The van der Waals surface area contributed by atoms with Crippen LogP contribution in [0.15, 0.2) is 11.6 Å². The summed E-state index contributed by atoms with van der Waals surface area (Å²) < 4.78 is 4.68. The van der Waals surface area contributed by atoms with Crippen LogP contribution in [-0.2, 0) is 9.53 Å². The van der Waals surface area contributed by atoms with Crippen LogP contribution >= 0.6 is 0 Å². The average Bonchev–Trinajstić information content (AvgIpc) is 2.24. The van der Waals surface area contributed by atoms with E-state index < -0.39 is 0 Å². The van der Waals surface area contributed by atoms with Crippen molar-refractivity contribution in [3.63, 3.8) is 0 Å². The van der Waals surface area contributed by atoms with E-state index in [0.29, 0.717) is 12.3 Å². The lowest BCUT2D eigenvalue weighted by Gasteiger charge is -2.24. The summed E-state index contributed by atoms with van der Waals surface area (Å²) in [5, 5.41) is 0. The molecule has 0 amide bonds. The highest BCUT2D eigenvalue weighted by molar-refractivity contribution is 5.69. The molecular weight excluding hydrogens is 164 g/mol. The Morgan fingerprint density at radius 1 is 1.69 bits per heavy atom. The summed E-state index contributed by atoms with van der Waals surface area (Å²) >= 11 is 0. The standard InChI is InChI=1S/C11H18O2/c1-8-5-9(6-10(12)13-4)11(2,3)7-8/h7,9H,5-6H2,1-4H3. The summed E-state index contributed by atoms with van der Waals surface area (Å²) in [6.07, 6.45) is 3.83. The topological polar surface area (TPSA) is 26.3 Å². The molecule has 1 aliphatic rings. The lowest BCUT2D eigenvalue weighted by Crippen LogP contribution is -2.21. The second kappa shape index (κ2) is 3.52. The molecule has 0 aromatic carbocycles. The molecular formula is C11H18O2. The maximum Gasteiger partial charge on any atom is 0.305 e. The van der Waals surface area contributed by atoms with E-state index in [9.17, 15) is 4.79 Å². The molecule has 0 fully saturated rings. The first-order valence-corrected chi connectivity index (χ1v) is 4.71. The number of hydrogen-bond donors (Lipinski definition) is 0. The van der Waals surface area contributed by atoms with Crippen molar-refractivity contribution in [2.24, 2.45) is 11.3 Å². The summed E-state index contributed by atoms with van der Waals surface area (Å²) in [6.45, 7) is 6.48. The normalized spacial score (nSPS) is 25.5. The number of carbonyl (C=O) groups is 1. The molecule has 0 heterocycles. The first kappa shape index (κ1) is 10.3. The highest BCUT2D eigenvalue weighted by atomic mass is 16.5. The Morgan fingerprint density at radius 2 is 2.31 bits per heavy atom. The molecule has 1 atom stereocenters. The molecule has 2 nitrogen and oxygen atoms in total. The van der Waals surface area contributed by atoms with Gasteiger partial charge in [-0.2, -0.15) is 0 Å². The maximum absolute atomic E-state index is 11.1. The number of carbonyl (C=O) groups excluding carboxylic acids is 1. The molecule has 1 unspecified atom stereocenters. The van der Waals surface area contributed by atoms with Gasteiger partial charge >= 0.3 is 5.97 Å². The maximum atomic E-state index is 11.1. The van der Waals surface area contributed by atoms with Crippen LogP contribution in [0.4, 0.5) is 0 Å². The minimum atomic E-state index is -0.0961. The second-order valence-corrected chi connectivity index (χ2v) is 4.49. The van der Waals surface area contributed by atoms with Crippen molar-refractivity contribution in [2.75, 3.05) is 7.11 Å². The van der Waals surface area contributed by atoms with Gasteiger partial charge in [0.1, 0.15) is 0 Å². The van der Waals surface area contributed by atoms with Gasteiger partial charge in [-0.1, -0.05) is 25.5 Å². The Labute approximate surface area is 80.0 Å². The molecule has 13 heavy (non-hydrogen) atoms. The van der Waals surface area contributed by atoms with E-state index in [2.05, 4.69) is 31.6 Å². The van der Waals surface area contributed by atoms with Crippen molar-refractivity contribution in [3.05, 3.63) is 11.6 Å². The SMILES string of the molecule is COC(=O)CC1CC(C)=CC1(C)C. The Bertz CT molecular complexity index is 238. The van der Waals surface area contributed by atoms with Gasteiger partial charge in [0.2, 0.25) is 0 Å². The fourth-order valence-electron chi connectivity index (χ4n) is 2.08. The quantitative estimate of drug-likeness (QED) is 0.484. The average molecular weight is 182 g/mol. The molecule has 1 aliphatic carbocycles. The van der Waals surface area contributed by atoms with E-state index in [1.807, 2.05) is 0 Å². The van der Waals surface area contributed by atoms with Crippen LogP contribution in [-0.4, -0.2) is 13.1 Å². The van der Waals surface area contributed by atoms with Gasteiger partial charge in [0.25, 0.3) is 0 Å². The molecule has 0 bridgehead atoms. The van der Waals surface area contributed by atoms with Crippen LogP contribution < -0.4 is 0 Å². The van der Waals surface area contributed by atoms with Gasteiger partial charge in [-0.25, -0.2) is 0 Å². The third-order valence-corrected chi connectivity index (χ3v) is 2.88. The number of rotatable bonds is 2. The van der Waals surface area contributed by atoms with E-state index in [0.717, 1.165) is 6.42 Å². The van der Waals surface area contributed by atoms with Crippen LogP contribution in [0.1, 0.15) is 33.6 Å². The van der Waals surface area contributed by atoms with Crippen molar-refractivity contribution in [3.8, 4) is 0 Å². The van der Waals surface area contributed by atoms with E-state index in [1.165, 1.54) is 12.7 Å². The molecule has 0 aromatic rings. The van der Waals surface area contributed by atoms with Gasteiger partial charge in [0.15, 0.2) is 0 Å². The largest absolute Gasteiger partial charge is 0.469 e. The molecule has 0 radical (unpaired) electrons. The predicted octanol–water partition coefficient (Wildman–Crippen LogP) is 2.54. The predicted molar refractivity (Wildman–Crippen MR) is 52.3 cm³/mol. The Hall–Kier alpha value is -0.790. The van der Waals surface area contributed by atoms with Crippen molar-refractivity contribution in [1.29, 1.82) is 0 Å². The van der Waals surface area contributed by atoms with Gasteiger partial charge < -0.3 is 4.74 Å². The first-order chi connectivity index (χ1) is 5.95. The van der Waals surface area contributed by atoms with Crippen molar-refractivity contribution in [1.82, 2.24) is 0 Å². The fraction of sp³-hybridized carbons (Fsp3) is 0.727. The summed E-state index contributed by atoms with van der Waals surface area (Å²) in [5.74, 6) is 0.320. The Balaban J connectivity index is 2.60. The van der Waals surface area contributed by atoms with Gasteiger partial charge in [-0.05, 0) is 24.7 Å². The lowest BCUT2D eigenvalue weighted by atomic mass is 9.80. The van der Waals surface area contributed by atoms with Crippen molar-refractivity contribution >= 4 is 5.97 Å². The molecule has 2 heteroatoms. The molecule has 0 aromatic heterocycles. The van der Waals surface area contributed by atoms with Gasteiger partial charge in [0.05, 0.1) is 7.11 Å². The van der Waals surface area contributed by atoms with Crippen molar-refractivity contribution < 1.29 is 9.53 Å². The molecule has 0 saturated heterocycles. The zero-order chi connectivity index (χ0) is 10.1. The van der Waals surface area contributed by atoms with Crippen LogP contribution in [0.2, 0.25) is 0 Å². The summed E-state index contributed by atoms with van der Waals surface area (Å²) in [6, 6.07) is 0. The molecule has 0 spiro atoms. The minimum absolute atomic E-state index is 0.0961. The third-order valence-electron chi connectivity index (χ3n) is 2.88. The number of methoxy groups -OCH3 is 1. The Kier molecular flexibility index (Phi) is 2.79. The fourth-order valence-corrected chi connectivity index (χ4v) is 2.08. The highest BCUT2D eigenvalue weighted by Crippen LogP contribution is 2.42. The van der Waals surface area contributed by atoms with Crippen LogP contribution in [0.25, 0.3) is 0 Å². The highest BCUT2D eigenvalue weighted by Gasteiger charge is 2.34. The van der Waals surface area contributed by atoms with Gasteiger partial charge in [-0.15, -0.1) is 0 Å². The number of esters is 1. The van der Waals surface area contributed by atoms with E-state index in [1.54, 1.807) is 0 Å². The third kappa shape index (κ3) is 2.33. The molecule has 0 aliphatic heterocycles. The first-order valence-electron chi connectivity index (χ1n) is 4.71. The second-order valence-electron chi connectivity index (χ2n) is 4.49. The van der Waals surface area contributed by atoms with E-state index >= 15 is 0 Å². The molecule has 74 valence electrons. The molecule has 0 saturated carbocycles. The van der Waals surface area contributed by atoms with Crippen LogP contribution in [0.3, 0.4) is 0 Å². The number of hydrogen-bond acceptors (Lipinski definition) is 2. The smallest absolute Gasteiger partial charge is 0.305 e. The summed E-state index contributed by atoms with van der Waals surface area (Å²) in [5.41, 5.74) is 1.54. The zero-order valence-electron chi connectivity index (χ0n) is 8.89. The molecule has 1 rings (SSSR count). The lowest BCUT2D eigenvalue weighted by molar-refractivity contribution is -0.142. The van der Waals surface area contributed by atoms with E-state index in [-0.39, 0.29) is 11.4 Å². The monoisotopic (exact) mass is 182 g/mol. The van der Waals surface area contributed by atoms with Gasteiger partial charge in [0, 0.05) is 6.42 Å². The van der Waals surface area contributed by atoms with E-state index in [4.69, 9.17) is 0 Å². The Morgan fingerprint density at radius 3 is 2.69 bits per heavy atom. The van der Waals surface area contributed by atoms with Crippen LogP contribution in [0.5, 0.6) is 0 Å². The van der Waals surface area contributed by atoms with Gasteiger partial charge in [-0.3, -0.25) is 4.79 Å². The summed E-state index contributed by atoms with van der Waals surface area (Å²) in [4.78, 5) is 11.1. The van der Waals surface area contributed by atoms with Crippen LogP contribution in [0, 0.1) is 11.3 Å². The summed E-state index contributed by atoms with van der Waals surface area (Å²) in [7, 11) is 1.45. The molecule has 0 N–H and O–H groups in total. The van der Waals surface area contributed by atoms with Crippen molar-refractivity contribution in [2.45, 2.75) is 33.6 Å².